The molecule has 0 radical (unpaired) electrons. The number of anilines is 1. The van der Waals surface area contributed by atoms with E-state index < -0.39 is 0 Å². The summed E-state index contributed by atoms with van der Waals surface area (Å²) in [6.45, 7) is 2.61. The molecule has 0 saturated carbocycles. The fraction of sp³-hybridized carbons (Fsp3) is 0.312. The van der Waals surface area contributed by atoms with Crippen molar-refractivity contribution >= 4 is 5.82 Å². The molecule has 4 nitrogen and oxygen atoms in total. The second kappa shape index (κ2) is 7.03. The zero-order chi connectivity index (χ0) is 14.4. The molecule has 0 fully saturated rings. The molecule has 0 aliphatic heterocycles. The smallest absolute Gasteiger partial charge is 0.123 e. The number of aromatic nitrogens is 1. The second-order valence-electron chi connectivity index (χ2n) is 4.74. The zero-order valence-corrected chi connectivity index (χ0v) is 11.7. The topological polar surface area (TPSA) is 74.2 Å². The van der Waals surface area contributed by atoms with Gasteiger partial charge in [0.25, 0.3) is 0 Å². The predicted molar refractivity (Wildman–Crippen MR) is 81.1 cm³/mol. The highest BCUT2D eigenvalue weighted by Gasteiger charge is 2.20. The van der Waals surface area contributed by atoms with E-state index in [1.54, 1.807) is 6.20 Å². The minimum Gasteiger partial charge on any atom is -0.384 e. The van der Waals surface area contributed by atoms with Gasteiger partial charge < -0.3 is 16.2 Å². The van der Waals surface area contributed by atoms with Crippen LogP contribution in [-0.2, 0) is 11.2 Å². The van der Waals surface area contributed by atoms with E-state index in [9.17, 15) is 0 Å². The minimum atomic E-state index is -0.126. The van der Waals surface area contributed by atoms with E-state index in [2.05, 4.69) is 4.98 Å². The Labute approximate surface area is 119 Å². The Balaban J connectivity index is 2.13. The molecule has 20 heavy (non-hydrogen) atoms. The maximum atomic E-state index is 6.33. The number of ether oxygens (including phenoxy) is 1. The van der Waals surface area contributed by atoms with Crippen molar-refractivity contribution in [3.05, 3.63) is 59.8 Å². The number of pyridine rings is 1. The van der Waals surface area contributed by atoms with Gasteiger partial charge in [0, 0.05) is 18.8 Å². The summed E-state index contributed by atoms with van der Waals surface area (Å²) >= 11 is 0. The number of rotatable bonds is 6. The highest BCUT2D eigenvalue weighted by atomic mass is 16.5. The highest BCUT2D eigenvalue weighted by Crippen LogP contribution is 2.22. The molecule has 4 heteroatoms. The van der Waals surface area contributed by atoms with Crippen molar-refractivity contribution in [1.82, 2.24) is 4.98 Å². The molecular formula is C16H21N3O. The van der Waals surface area contributed by atoms with E-state index in [0.29, 0.717) is 18.8 Å². The monoisotopic (exact) mass is 271 g/mol. The van der Waals surface area contributed by atoms with Gasteiger partial charge in [0.1, 0.15) is 5.82 Å². The van der Waals surface area contributed by atoms with Crippen molar-refractivity contribution in [2.24, 2.45) is 5.73 Å². The summed E-state index contributed by atoms with van der Waals surface area (Å²) in [6.07, 6.45) is 2.29. The average molecular weight is 271 g/mol. The van der Waals surface area contributed by atoms with Crippen LogP contribution in [0.2, 0.25) is 0 Å². The number of hydrogen-bond acceptors (Lipinski definition) is 4. The Kier molecular flexibility index (Phi) is 5.09. The van der Waals surface area contributed by atoms with Gasteiger partial charge in [-0.1, -0.05) is 30.3 Å². The molecule has 0 saturated heterocycles. The Hall–Kier alpha value is -1.91. The summed E-state index contributed by atoms with van der Waals surface area (Å²) in [5.41, 5.74) is 14.2. The fourth-order valence-electron chi connectivity index (χ4n) is 2.29. The molecule has 0 aliphatic rings. The van der Waals surface area contributed by atoms with Crippen molar-refractivity contribution in [3.8, 4) is 0 Å². The van der Waals surface area contributed by atoms with E-state index >= 15 is 0 Å². The minimum absolute atomic E-state index is 0.115. The first-order chi connectivity index (χ1) is 9.70. The Morgan fingerprint density at radius 1 is 1.20 bits per heavy atom. The van der Waals surface area contributed by atoms with E-state index in [4.69, 9.17) is 16.2 Å². The van der Waals surface area contributed by atoms with Gasteiger partial charge in [-0.15, -0.1) is 0 Å². The van der Waals surface area contributed by atoms with Crippen LogP contribution in [0, 0.1) is 0 Å². The third-order valence-electron chi connectivity index (χ3n) is 3.18. The lowest BCUT2D eigenvalue weighted by molar-refractivity contribution is 0.0433. The molecule has 2 atom stereocenters. The first kappa shape index (κ1) is 14.5. The van der Waals surface area contributed by atoms with Crippen molar-refractivity contribution in [2.45, 2.75) is 25.5 Å². The van der Waals surface area contributed by atoms with Gasteiger partial charge in [-0.25, -0.2) is 4.98 Å². The molecule has 2 rings (SSSR count). The van der Waals surface area contributed by atoms with Gasteiger partial charge in [-0.2, -0.15) is 0 Å². The lowest BCUT2D eigenvalue weighted by Gasteiger charge is -2.24. The average Bonchev–Trinajstić information content (AvgIpc) is 2.45. The lowest BCUT2D eigenvalue weighted by atomic mass is 9.97. The second-order valence-corrected chi connectivity index (χ2v) is 4.74. The molecule has 0 bridgehead atoms. The third-order valence-corrected chi connectivity index (χ3v) is 3.18. The van der Waals surface area contributed by atoms with E-state index in [1.165, 1.54) is 0 Å². The number of hydrogen-bond donors (Lipinski definition) is 2. The molecule has 1 aromatic heterocycles. The molecule has 0 amide bonds. The highest BCUT2D eigenvalue weighted by molar-refractivity contribution is 5.32. The molecule has 2 unspecified atom stereocenters. The lowest BCUT2D eigenvalue weighted by Crippen LogP contribution is -2.32. The van der Waals surface area contributed by atoms with Gasteiger partial charge in [0.05, 0.1) is 6.10 Å². The summed E-state index contributed by atoms with van der Waals surface area (Å²) in [5.74, 6) is 0.516. The fourth-order valence-corrected chi connectivity index (χ4v) is 2.29. The summed E-state index contributed by atoms with van der Waals surface area (Å²) in [5, 5.41) is 0. The standard InChI is InChI=1S/C16H21N3O/c1-2-20-16(13-6-4-3-5-7-13)14(17)10-12-8-9-19-15(18)11-12/h3-9,11,14,16H,2,10,17H2,1H3,(H2,18,19). The van der Waals surface area contributed by atoms with Gasteiger partial charge in [-0.05, 0) is 36.6 Å². The number of nitrogens with two attached hydrogens (primary N) is 2. The van der Waals surface area contributed by atoms with Crippen molar-refractivity contribution < 1.29 is 4.74 Å². The third kappa shape index (κ3) is 3.79. The number of benzene rings is 1. The summed E-state index contributed by atoms with van der Waals surface area (Å²) in [7, 11) is 0. The molecule has 2 aromatic rings. The van der Waals surface area contributed by atoms with Gasteiger partial charge in [-0.3, -0.25) is 0 Å². The quantitative estimate of drug-likeness (QED) is 0.845. The molecular weight excluding hydrogens is 250 g/mol. The summed E-state index contributed by atoms with van der Waals surface area (Å²) in [6, 6.07) is 13.7. The normalized spacial score (nSPS) is 13.9. The number of nitrogens with zero attached hydrogens (tertiary/aromatic N) is 1. The molecule has 0 spiro atoms. The summed E-state index contributed by atoms with van der Waals surface area (Å²) in [4.78, 5) is 3.99. The first-order valence-electron chi connectivity index (χ1n) is 6.83. The van der Waals surface area contributed by atoms with Gasteiger partial charge in [0.15, 0.2) is 0 Å². The molecule has 4 N–H and O–H groups in total. The first-order valence-corrected chi connectivity index (χ1v) is 6.83. The van der Waals surface area contributed by atoms with E-state index in [0.717, 1.165) is 11.1 Å². The van der Waals surface area contributed by atoms with Crippen LogP contribution >= 0.6 is 0 Å². The Morgan fingerprint density at radius 2 is 1.95 bits per heavy atom. The van der Waals surface area contributed by atoms with Crippen LogP contribution in [0.15, 0.2) is 48.7 Å². The predicted octanol–water partition coefficient (Wildman–Crippen LogP) is 2.31. The van der Waals surface area contributed by atoms with E-state index in [-0.39, 0.29) is 12.1 Å². The van der Waals surface area contributed by atoms with E-state index in [1.807, 2.05) is 49.4 Å². The van der Waals surface area contributed by atoms with Gasteiger partial charge in [0.2, 0.25) is 0 Å². The maximum Gasteiger partial charge on any atom is 0.123 e. The van der Waals surface area contributed by atoms with Crippen LogP contribution in [0.3, 0.4) is 0 Å². The summed E-state index contributed by atoms with van der Waals surface area (Å²) < 4.78 is 5.82. The largest absolute Gasteiger partial charge is 0.384 e. The van der Waals surface area contributed by atoms with Crippen LogP contribution < -0.4 is 11.5 Å². The van der Waals surface area contributed by atoms with Crippen molar-refractivity contribution in [2.75, 3.05) is 12.3 Å². The van der Waals surface area contributed by atoms with Crippen LogP contribution in [0.1, 0.15) is 24.2 Å². The number of nitrogen functional groups attached to an aromatic ring is 1. The molecule has 106 valence electrons. The molecule has 1 heterocycles. The van der Waals surface area contributed by atoms with Crippen LogP contribution in [-0.4, -0.2) is 17.6 Å². The molecule has 1 aromatic carbocycles. The van der Waals surface area contributed by atoms with Crippen LogP contribution in [0.25, 0.3) is 0 Å². The Bertz CT molecular complexity index is 530. The zero-order valence-electron chi connectivity index (χ0n) is 11.7. The maximum absolute atomic E-state index is 6.33. The van der Waals surface area contributed by atoms with Crippen LogP contribution in [0.4, 0.5) is 5.82 Å². The van der Waals surface area contributed by atoms with Crippen LogP contribution in [0.5, 0.6) is 0 Å². The van der Waals surface area contributed by atoms with Gasteiger partial charge >= 0.3 is 0 Å². The SMILES string of the molecule is CCOC(c1ccccc1)C(N)Cc1ccnc(N)c1. The molecule has 0 aliphatic carbocycles. The van der Waals surface area contributed by atoms with Crippen molar-refractivity contribution in [1.29, 1.82) is 0 Å². The Morgan fingerprint density at radius 3 is 2.60 bits per heavy atom. The van der Waals surface area contributed by atoms with Crippen molar-refractivity contribution in [3.63, 3.8) is 0 Å².